The number of halogens is 2. The smallest absolute Gasteiger partial charge is 0.495 e. The van der Waals surface area contributed by atoms with Crippen LogP contribution in [0, 0.1) is 0 Å². The number of carbonyl (C=O) groups is 1. The number of ether oxygens (including phenoxy) is 4. The number of carbonyl (C=O) groups excluding carboxylic acids is 1. The summed E-state index contributed by atoms with van der Waals surface area (Å²) in [6.07, 6.45) is 0.858. The number of hydrogen-bond donors (Lipinski definition) is 1. The van der Waals surface area contributed by atoms with Crippen LogP contribution in [0.2, 0.25) is 0 Å². The maximum atomic E-state index is 13.3. The lowest BCUT2D eigenvalue weighted by molar-refractivity contribution is -0.0506. The van der Waals surface area contributed by atoms with Crippen molar-refractivity contribution in [1.82, 2.24) is 20.4 Å². The molecule has 3 aromatic rings. The predicted molar refractivity (Wildman–Crippen MR) is 157 cm³/mol. The Labute approximate surface area is 254 Å². The van der Waals surface area contributed by atoms with Crippen molar-refractivity contribution in [2.24, 2.45) is 0 Å². The molecule has 2 aliphatic rings. The zero-order valence-electron chi connectivity index (χ0n) is 24.8. The molecular formula is C31H35F2N5O6. The number of methoxy groups -OCH3 is 1. The van der Waals surface area contributed by atoms with E-state index >= 15 is 0 Å². The van der Waals surface area contributed by atoms with Gasteiger partial charge in [-0.15, -0.1) is 10.2 Å². The van der Waals surface area contributed by atoms with Crippen LogP contribution in [0.1, 0.15) is 37.6 Å². The largest absolute Gasteiger partial charge is 0.513 e. The number of piperazine rings is 1. The minimum atomic E-state index is -3.06. The molecule has 5 rings (SSSR count). The second kappa shape index (κ2) is 14.2. The summed E-state index contributed by atoms with van der Waals surface area (Å²) in [7, 11) is 1.67. The van der Waals surface area contributed by atoms with E-state index < -0.39 is 18.7 Å². The average molecular weight is 612 g/mol. The summed E-state index contributed by atoms with van der Waals surface area (Å²) in [6.45, 7) is 4.78. The Bertz CT molecular complexity index is 1490. The van der Waals surface area contributed by atoms with Crippen LogP contribution in [0.15, 0.2) is 76.5 Å². The molecule has 1 unspecified atom stereocenters. The first-order valence-electron chi connectivity index (χ1n) is 14.3. The van der Waals surface area contributed by atoms with Crippen molar-refractivity contribution in [2.75, 3.05) is 51.3 Å². The van der Waals surface area contributed by atoms with Gasteiger partial charge in [0.05, 0.1) is 36.6 Å². The standard InChI is InChI=1S/C31H35F2N5O6/c1-20-26(29-36-34-19-42-29)27(22-9-4-6-11-24(22)43-30(32)33)28(21(2)35-20)44-31(39)41-18-8-13-37-14-16-38(17-15-37)23-10-5-7-12-25(23)40-3/h4-7,9-12,19,27,30,35H,8,13-18H2,1-3H3. The normalized spacial score (nSPS) is 17.5. The lowest BCUT2D eigenvalue weighted by atomic mass is 9.84. The van der Waals surface area contributed by atoms with Crippen molar-refractivity contribution in [3.05, 3.63) is 83.5 Å². The van der Waals surface area contributed by atoms with Gasteiger partial charge in [0, 0.05) is 44.0 Å². The number of hydrogen-bond acceptors (Lipinski definition) is 11. The Hall–Kier alpha value is -4.65. The number of benzene rings is 2. The maximum absolute atomic E-state index is 13.3. The van der Waals surface area contributed by atoms with E-state index in [1.165, 1.54) is 6.07 Å². The molecule has 2 aromatic carbocycles. The molecule has 2 aliphatic heterocycles. The van der Waals surface area contributed by atoms with E-state index in [2.05, 4.69) is 31.4 Å². The van der Waals surface area contributed by atoms with Crippen molar-refractivity contribution >= 4 is 17.4 Å². The van der Waals surface area contributed by atoms with Gasteiger partial charge in [0.2, 0.25) is 12.3 Å². The first kappa shape index (κ1) is 30.8. The molecule has 0 spiro atoms. The van der Waals surface area contributed by atoms with Gasteiger partial charge in [-0.2, -0.15) is 8.78 Å². The van der Waals surface area contributed by atoms with Crippen molar-refractivity contribution in [1.29, 1.82) is 0 Å². The van der Waals surface area contributed by atoms with Gasteiger partial charge >= 0.3 is 12.8 Å². The van der Waals surface area contributed by atoms with Crippen LogP contribution in [-0.2, 0) is 9.47 Å². The van der Waals surface area contributed by atoms with E-state index in [1.807, 2.05) is 18.2 Å². The molecule has 1 aromatic heterocycles. The fourth-order valence-electron chi connectivity index (χ4n) is 5.57. The van der Waals surface area contributed by atoms with Crippen LogP contribution < -0.4 is 19.7 Å². The van der Waals surface area contributed by atoms with E-state index in [4.69, 9.17) is 23.4 Å². The number of rotatable bonds is 11. The Morgan fingerprint density at radius 2 is 1.77 bits per heavy atom. The van der Waals surface area contributed by atoms with Gasteiger partial charge in [-0.05, 0) is 38.5 Å². The zero-order chi connectivity index (χ0) is 31.1. The number of alkyl halides is 2. The molecule has 1 fully saturated rings. The minimum Gasteiger partial charge on any atom is -0.495 e. The fraction of sp³-hybridized carbons (Fsp3) is 0.387. The fourth-order valence-corrected chi connectivity index (χ4v) is 5.57. The number of dihydropyridines is 1. The van der Waals surface area contributed by atoms with E-state index in [9.17, 15) is 13.6 Å². The van der Waals surface area contributed by atoms with Gasteiger partial charge in [0.1, 0.15) is 17.3 Å². The third-order valence-electron chi connectivity index (χ3n) is 7.57. The van der Waals surface area contributed by atoms with Crippen LogP contribution in [0.25, 0.3) is 5.57 Å². The van der Waals surface area contributed by atoms with Crippen molar-refractivity contribution in [3.8, 4) is 11.5 Å². The highest BCUT2D eigenvalue weighted by Crippen LogP contribution is 2.46. The molecule has 1 saturated heterocycles. The van der Waals surface area contributed by atoms with Gasteiger partial charge in [-0.1, -0.05) is 30.3 Å². The predicted octanol–water partition coefficient (Wildman–Crippen LogP) is 5.39. The number of anilines is 1. The highest BCUT2D eigenvalue weighted by Gasteiger charge is 2.37. The summed E-state index contributed by atoms with van der Waals surface area (Å²) in [5, 5.41) is 10.9. The summed E-state index contributed by atoms with van der Waals surface area (Å²) < 4.78 is 53.6. The topological polar surface area (TPSA) is 111 Å². The SMILES string of the molecule is COc1ccccc1N1CCN(CCCOC(=O)OC2=C(C)NC(C)=C(c3nnco3)C2c2ccccc2OC(F)F)CC1. The van der Waals surface area contributed by atoms with Crippen molar-refractivity contribution in [3.63, 3.8) is 0 Å². The highest BCUT2D eigenvalue weighted by atomic mass is 19.3. The summed E-state index contributed by atoms with van der Waals surface area (Å²) in [6, 6.07) is 14.3. The molecule has 44 heavy (non-hydrogen) atoms. The molecule has 0 saturated carbocycles. The minimum absolute atomic E-state index is 0.0766. The van der Waals surface area contributed by atoms with Crippen LogP contribution in [0.3, 0.4) is 0 Å². The molecule has 0 amide bonds. The Morgan fingerprint density at radius 3 is 2.48 bits per heavy atom. The summed E-state index contributed by atoms with van der Waals surface area (Å²) in [5.74, 6) is 0.186. The first-order valence-corrected chi connectivity index (χ1v) is 14.3. The average Bonchev–Trinajstić information content (AvgIpc) is 3.55. The number of nitrogens with one attached hydrogen (secondary N) is 1. The highest BCUT2D eigenvalue weighted by molar-refractivity contribution is 5.76. The van der Waals surface area contributed by atoms with E-state index in [1.54, 1.807) is 39.2 Å². The molecule has 0 bridgehead atoms. The Kier molecular flexibility index (Phi) is 9.95. The molecule has 1 N–H and O–H groups in total. The number of aromatic nitrogens is 2. The van der Waals surface area contributed by atoms with Crippen molar-refractivity contribution in [2.45, 2.75) is 32.8 Å². The number of para-hydroxylation sites is 3. The quantitative estimate of drug-likeness (QED) is 0.222. The molecule has 0 aliphatic carbocycles. The lowest BCUT2D eigenvalue weighted by Gasteiger charge is -2.36. The Balaban J connectivity index is 1.21. The van der Waals surface area contributed by atoms with Crippen LogP contribution >= 0.6 is 0 Å². The summed E-state index contributed by atoms with van der Waals surface area (Å²) in [4.78, 5) is 17.5. The maximum Gasteiger partial charge on any atom is 0.513 e. The van der Waals surface area contributed by atoms with Crippen LogP contribution in [-0.4, -0.2) is 74.3 Å². The second-order valence-corrected chi connectivity index (χ2v) is 10.3. The summed E-state index contributed by atoms with van der Waals surface area (Å²) >= 11 is 0. The molecule has 1 atom stereocenters. The van der Waals surface area contributed by atoms with E-state index in [-0.39, 0.29) is 24.0 Å². The van der Waals surface area contributed by atoms with Gasteiger partial charge < -0.3 is 33.6 Å². The Morgan fingerprint density at radius 1 is 1.05 bits per heavy atom. The third kappa shape index (κ3) is 7.10. The lowest BCUT2D eigenvalue weighted by Crippen LogP contribution is -2.46. The monoisotopic (exact) mass is 611 g/mol. The zero-order valence-corrected chi connectivity index (χ0v) is 24.8. The molecule has 13 heteroatoms. The first-order chi connectivity index (χ1) is 21.4. The molecule has 11 nitrogen and oxygen atoms in total. The van der Waals surface area contributed by atoms with Crippen molar-refractivity contribution < 1.29 is 36.9 Å². The molecule has 234 valence electrons. The van der Waals surface area contributed by atoms with E-state index in [0.717, 1.165) is 50.6 Å². The van der Waals surface area contributed by atoms with Gasteiger partial charge in [-0.3, -0.25) is 4.90 Å². The molecule has 0 radical (unpaired) electrons. The van der Waals surface area contributed by atoms with E-state index in [0.29, 0.717) is 29.0 Å². The number of nitrogens with zero attached hydrogens (tertiary/aromatic N) is 4. The van der Waals surface area contributed by atoms with Gasteiger partial charge in [0.25, 0.3) is 0 Å². The summed E-state index contributed by atoms with van der Waals surface area (Å²) in [5.41, 5.74) is 2.98. The van der Waals surface area contributed by atoms with Crippen LogP contribution in [0.5, 0.6) is 11.5 Å². The van der Waals surface area contributed by atoms with Gasteiger partial charge in [0.15, 0.2) is 0 Å². The second-order valence-electron chi connectivity index (χ2n) is 10.3. The third-order valence-corrected chi connectivity index (χ3v) is 7.57. The molecular weight excluding hydrogens is 576 g/mol. The number of allylic oxidation sites excluding steroid dienone is 3. The van der Waals surface area contributed by atoms with Crippen LogP contribution in [0.4, 0.5) is 19.3 Å². The molecule has 3 heterocycles. The van der Waals surface area contributed by atoms with Gasteiger partial charge in [-0.25, -0.2) is 4.79 Å².